The molecule has 0 bridgehead atoms. The summed E-state index contributed by atoms with van der Waals surface area (Å²) in [6.45, 7) is 0.833. The number of benzene rings is 1. The van der Waals surface area contributed by atoms with Crippen LogP contribution in [0.2, 0.25) is 0 Å². The van der Waals surface area contributed by atoms with Gasteiger partial charge in [-0.15, -0.1) is 0 Å². The highest BCUT2D eigenvalue weighted by Gasteiger charge is 2.24. The first-order chi connectivity index (χ1) is 7.83. The highest BCUT2D eigenvalue weighted by Crippen LogP contribution is 2.39. The summed E-state index contributed by atoms with van der Waals surface area (Å²) in [5.74, 6) is 2.53. The molecule has 1 saturated carbocycles. The van der Waals surface area contributed by atoms with Gasteiger partial charge in [0.15, 0.2) is 0 Å². The van der Waals surface area contributed by atoms with Gasteiger partial charge in [-0.05, 0) is 61.8 Å². The van der Waals surface area contributed by atoms with Crippen molar-refractivity contribution in [1.82, 2.24) is 0 Å². The smallest absolute Gasteiger partial charge is 0.118 e. The highest BCUT2D eigenvalue weighted by molar-refractivity contribution is 5.29. The van der Waals surface area contributed by atoms with Crippen LogP contribution in [0.5, 0.6) is 5.75 Å². The average molecular weight is 219 g/mol. The molecule has 2 rings (SSSR count). The number of nitrogens with two attached hydrogens (primary N) is 1. The maximum atomic E-state index is 5.61. The third-order valence-corrected chi connectivity index (χ3v) is 3.70. The second-order valence-corrected chi connectivity index (χ2v) is 4.73. The Morgan fingerprint density at radius 2 is 2.00 bits per heavy atom. The standard InChI is InChI=1S/C14H21NO/c1-16-14-6-4-12(5-7-14)13-3-2-11(10-13)8-9-15/h4-7,11,13H,2-3,8-10,15H2,1H3. The molecule has 0 aromatic heterocycles. The minimum absolute atomic E-state index is 0.738. The second-order valence-electron chi connectivity index (χ2n) is 4.73. The molecule has 2 unspecified atom stereocenters. The normalized spacial score (nSPS) is 24.6. The van der Waals surface area contributed by atoms with Gasteiger partial charge in [-0.1, -0.05) is 12.1 Å². The quantitative estimate of drug-likeness (QED) is 0.845. The molecule has 1 aliphatic rings. The molecule has 1 fully saturated rings. The van der Waals surface area contributed by atoms with E-state index < -0.39 is 0 Å². The topological polar surface area (TPSA) is 35.2 Å². The minimum Gasteiger partial charge on any atom is -0.497 e. The van der Waals surface area contributed by atoms with E-state index in [-0.39, 0.29) is 0 Å². The van der Waals surface area contributed by atoms with E-state index in [1.54, 1.807) is 7.11 Å². The van der Waals surface area contributed by atoms with Crippen molar-refractivity contribution < 1.29 is 4.74 Å². The van der Waals surface area contributed by atoms with Gasteiger partial charge < -0.3 is 10.5 Å². The lowest BCUT2D eigenvalue weighted by Gasteiger charge is -2.11. The molecular weight excluding hydrogens is 198 g/mol. The number of rotatable bonds is 4. The van der Waals surface area contributed by atoms with Crippen LogP contribution in [0.4, 0.5) is 0 Å². The zero-order chi connectivity index (χ0) is 11.4. The molecule has 16 heavy (non-hydrogen) atoms. The summed E-state index contributed by atoms with van der Waals surface area (Å²) in [7, 11) is 1.71. The van der Waals surface area contributed by atoms with Gasteiger partial charge in [0.05, 0.1) is 7.11 Å². The molecule has 1 aliphatic carbocycles. The summed E-state index contributed by atoms with van der Waals surface area (Å²) in [6.07, 6.45) is 5.15. The van der Waals surface area contributed by atoms with E-state index >= 15 is 0 Å². The fraction of sp³-hybridized carbons (Fsp3) is 0.571. The Morgan fingerprint density at radius 1 is 1.25 bits per heavy atom. The van der Waals surface area contributed by atoms with Crippen molar-refractivity contribution in [2.45, 2.75) is 31.6 Å². The Balaban J connectivity index is 1.97. The van der Waals surface area contributed by atoms with Crippen molar-refractivity contribution >= 4 is 0 Å². The molecule has 2 N–H and O–H groups in total. The van der Waals surface area contributed by atoms with E-state index in [9.17, 15) is 0 Å². The summed E-state index contributed by atoms with van der Waals surface area (Å²) in [4.78, 5) is 0. The fourth-order valence-electron chi connectivity index (χ4n) is 2.75. The van der Waals surface area contributed by atoms with E-state index in [4.69, 9.17) is 10.5 Å². The predicted octanol–water partition coefficient (Wildman–Crippen LogP) is 2.93. The van der Waals surface area contributed by atoms with Crippen LogP contribution in [0.3, 0.4) is 0 Å². The SMILES string of the molecule is COc1ccc(C2CCC(CCN)C2)cc1. The van der Waals surface area contributed by atoms with Gasteiger partial charge in [0, 0.05) is 0 Å². The summed E-state index contributed by atoms with van der Waals surface area (Å²) in [6, 6.07) is 8.53. The lowest BCUT2D eigenvalue weighted by Crippen LogP contribution is -2.05. The van der Waals surface area contributed by atoms with Crippen LogP contribution < -0.4 is 10.5 Å². The Morgan fingerprint density at radius 3 is 2.62 bits per heavy atom. The molecule has 2 nitrogen and oxygen atoms in total. The molecule has 2 atom stereocenters. The molecule has 0 radical (unpaired) electrons. The monoisotopic (exact) mass is 219 g/mol. The van der Waals surface area contributed by atoms with Crippen molar-refractivity contribution in [2.75, 3.05) is 13.7 Å². The average Bonchev–Trinajstić information content (AvgIpc) is 2.78. The van der Waals surface area contributed by atoms with Crippen LogP contribution in [0.25, 0.3) is 0 Å². The molecule has 1 aromatic rings. The Kier molecular flexibility index (Phi) is 3.83. The zero-order valence-electron chi connectivity index (χ0n) is 9.99. The number of methoxy groups -OCH3 is 1. The lowest BCUT2D eigenvalue weighted by molar-refractivity contribution is 0.414. The number of ether oxygens (including phenoxy) is 1. The van der Waals surface area contributed by atoms with Gasteiger partial charge in [-0.25, -0.2) is 0 Å². The number of hydrogen-bond acceptors (Lipinski definition) is 2. The Labute approximate surface area is 97.8 Å². The van der Waals surface area contributed by atoms with Crippen LogP contribution in [0.15, 0.2) is 24.3 Å². The zero-order valence-corrected chi connectivity index (χ0v) is 9.99. The summed E-state index contributed by atoms with van der Waals surface area (Å²) >= 11 is 0. The second kappa shape index (κ2) is 5.35. The third-order valence-electron chi connectivity index (χ3n) is 3.70. The van der Waals surface area contributed by atoms with Crippen molar-refractivity contribution in [2.24, 2.45) is 11.7 Å². The van der Waals surface area contributed by atoms with E-state index in [0.717, 1.165) is 24.1 Å². The van der Waals surface area contributed by atoms with Gasteiger partial charge in [0.1, 0.15) is 5.75 Å². The minimum atomic E-state index is 0.738. The van der Waals surface area contributed by atoms with Crippen molar-refractivity contribution in [3.8, 4) is 5.75 Å². The van der Waals surface area contributed by atoms with Crippen LogP contribution >= 0.6 is 0 Å². The van der Waals surface area contributed by atoms with Crippen molar-refractivity contribution in [1.29, 1.82) is 0 Å². The largest absolute Gasteiger partial charge is 0.497 e. The van der Waals surface area contributed by atoms with Gasteiger partial charge in [0.25, 0.3) is 0 Å². The first-order valence-electron chi connectivity index (χ1n) is 6.17. The summed E-state index contributed by atoms with van der Waals surface area (Å²) in [5, 5.41) is 0. The molecule has 2 heteroatoms. The Hall–Kier alpha value is -1.02. The maximum absolute atomic E-state index is 5.61. The summed E-state index contributed by atoms with van der Waals surface area (Å²) < 4.78 is 5.17. The molecular formula is C14H21NO. The third kappa shape index (κ3) is 2.56. The van der Waals surface area contributed by atoms with E-state index in [0.29, 0.717) is 0 Å². The Bertz CT molecular complexity index is 320. The van der Waals surface area contributed by atoms with E-state index in [1.807, 2.05) is 0 Å². The van der Waals surface area contributed by atoms with Crippen molar-refractivity contribution in [3.63, 3.8) is 0 Å². The molecule has 0 amide bonds. The lowest BCUT2D eigenvalue weighted by atomic mass is 9.95. The molecule has 0 saturated heterocycles. The van der Waals surface area contributed by atoms with Crippen LogP contribution in [0, 0.1) is 5.92 Å². The first kappa shape index (κ1) is 11.5. The first-order valence-corrected chi connectivity index (χ1v) is 6.17. The molecule has 0 aliphatic heterocycles. The van der Waals surface area contributed by atoms with E-state index in [2.05, 4.69) is 24.3 Å². The number of hydrogen-bond donors (Lipinski definition) is 1. The van der Waals surface area contributed by atoms with Gasteiger partial charge in [-0.2, -0.15) is 0 Å². The van der Waals surface area contributed by atoms with Crippen LogP contribution in [-0.4, -0.2) is 13.7 Å². The van der Waals surface area contributed by atoms with Crippen LogP contribution in [-0.2, 0) is 0 Å². The fourth-order valence-corrected chi connectivity index (χ4v) is 2.75. The van der Waals surface area contributed by atoms with Gasteiger partial charge >= 0.3 is 0 Å². The highest BCUT2D eigenvalue weighted by atomic mass is 16.5. The molecule has 0 spiro atoms. The van der Waals surface area contributed by atoms with Gasteiger partial charge in [0.2, 0.25) is 0 Å². The molecule has 1 aromatic carbocycles. The predicted molar refractivity (Wildman–Crippen MR) is 66.7 cm³/mol. The molecule has 0 heterocycles. The maximum Gasteiger partial charge on any atom is 0.118 e. The van der Waals surface area contributed by atoms with Crippen molar-refractivity contribution in [3.05, 3.63) is 29.8 Å². The summed E-state index contributed by atoms with van der Waals surface area (Å²) in [5.41, 5.74) is 7.07. The van der Waals surface area contributed by atoms with E-state index in [1.165, 1.54) is 31.2 Å². The van der Waals surface area contributed by atoms with Gasteiger partial charge in [-0.3, -0.25) is 0 Å². The molecule has 88 valence electrons. The van der Waals surface area contributed by atoms with Crippen LogP contribution in [0.1, 0.15) is 37.2 Å².